The molecule has 142 valence electrons. The molecule has 1 unspecified atom stereocenters. The van der Waals surface area contributed by atoms with E-state index >= 15 is 0 Å². The van der Waals surface area contributed by atoms with E-state index in [0.717, 1.165) is 37.2 Å². The van der Waals surface area contributed by atoms with Crippen molar-refractivity contribution in [1.82, 2.24) is 0 Å². The number of aryl methyl sites for hydroxylation is 1. The van der Waals surface area contributed by atoms with E-state index in [2.05, 4.69) is 19.1 Å². The number of benzene rings is 1. The largest absolute Gasteiger partial charge is 0.493 e. The quantitative estimate of drug-likeness (QED) is 0.747. The van der Waals surface area contributed by atoms with Crippen molar-refractivity contribution in [2.24, 2.45) is 17.3 Å². The van der Waals surface area contributed by atoms with E-state index in [0.29, 0.717) is 17.8 Å². The first kappa shape index (κ1) is 17.7. The monoisotopic (exact) mass is 358 g/mol. The molecule has 26 heavy (non-hydrogen) atoms. The molecule has 4 rings (SSSR count). The summed E-state index contributed by atoms with van der Waals surface area (Å²) in [5.41, 5.74) is 3.01. The number of hydrogen-bond donors (Lipinski definition) is 0. The fourth-order valence-corrected chi connectivity index (χ4v) is 6.24. The molecule has 1 aromatic carbocycles. The SMILES string of the molecule is COc1cc2c(cc1OC)[C@H]1CC[C@]3(C)C(OC(C)=O)CC[C@H]3[C@@H]1CC2. The Hall–Kier alpha value is -1.71. The zero-order valence-electron chi connectivity index (χ0n) is 16.3. The van der Waals surface area contributed by atoms with Crippen molar-refractivity contribution >= 4 is 5.97 Å². The molecule has 1 aromatic rings. The topological polar surface area (TPSA) is 44.8 Å². The number of esters is 1. The summed E-state index contributed by atoms with van der Waals surface area (Å²) in [4.78, 5) is 11.5. The van der Waals surface area contributed by atoms with Crippen LogP contribution in [-0.4, -0.2) is 26.3 Å². The highest BCUT2D eigenvalue weighted by Crippen LogP contribution is 2.62. The first-order chi connectivity index (χ1) is 12.5. The molecule has 2 saturated carbocycles. The van der Waals surface area contributed by atoms with Crippen LogP contribution in [0.15, 0.2) is 12.1 Å². The van der Waals surface area contributed by atoms with Gasteiger partial charge >= 0.3 is 5.97 Å². The van der Waals surface area contributed by atoms with Crippen LogP contribution in [0.3, 0.4) is 0 Å². The van der Waals surface area contributed by atoms with Crippen LogP contribution in [0.2, 0.25) is 0 Å². The molecular formula is C22H30O4. The fraction of sp³-hybridized carbons (Fsp3) is 0.682. The molecule has 0 bridgehead atoms. The maximum atomic E-state index is 11.5. The van der Waals surface area contributed by atoms with Crippen LogP contribution in [0.25, 0.3) is 0 Å². The van der Waals surface area contributed by atoms with Crippen molar-refractivity contribution in [1.29, 1.82) is 0 Å². The Bertz CT molecular complexity index is 712. The maximum absolute atomic E-state index is 11.5. The van der Waals surface area contributed by atoms with Gasteiger partial charge in [-0.2, -0.15) is 0 Å². The van der Waals surface area contributed by atoms with E-state index in [1.54, 1.807) is 21.1 Å². The lowest BCUT2D eigenvalue weighted by Crippen LogP contribution is -2.45. The van der Waals surface area contributed by atoms with Gasteiger partial charge in [0.05, 0.1) is 14.2 Å². The number of fused-ring (bicyclic) bond motifs is 5. The number of methoxy groups -OCH3 is 2. The molecule has 0 N–H and O–H groups in total. The van der Waals surface area contributed by atoms with Gasteiger partial charge in [-0.3, -0.25) is 4.79 Å². The summed E-state index contributed by atoms with van der Waals surface area (Å²) in [6.07, 6.45) is 6.91. The number of hydrogen-bond acceptors (Lipinski definition) is 4. The van der Waals surface area contributed by atoms with Crippen LogP contribution in [0, 0.1) is 17.3 Å². The molecule has 0 heterocycles. The molecule has 4 heteroatoms. The highest BCUT2D eigenvalue weighted by Gasteiger charge is 2.56. The molecule has 3 aliphatic rings. The Labute approximate surface area is 156 Å². The number of rotatable bonds is 3. The predicted molar refractivity (Wildman–Crippen MR) is 99.7 cm³/mol. The maximum Gasteiger partial charge on any atom is 0.302 e. The van der Waals surface area contributed by atoms with E-state index in [1.165, 1.54) is 24.0 Å². The van der Waals surface area contributed by atoms with Crippen LogP contribution in [-0.2, 0) is 16.0 Å². The van der Waals surface area contributed by atoms with Crippen molar-refractivity contribution in [3.05, 3.63) is 23.3 Å². The molecule has 0 amide bonds. The van der Waals surface area contributed by atoms with Crippen molar-refractivity contribution in [3.63, 3.8) is 0 Å². The molecule has 0 spiro atoms. The third-order valence-corrected chi connectivity index (χ3v) is 7.45. The Kier molecular flexibility index (Phi) is 4.40. The van der Waals surface area contributed by atoms with Gasteiger partial charge < -0.3 is 14.2 Å². The Morgan fingerprint density at radius 1 is 1.08 bits per heavy atom. The summed E-state index contributed by atoms with van der Waals surface area (Å²) in [5, 5.41) is 0. The lowest BCUT2D eigenvalue weighted by molar-refractivity contribution is -0.154. The summed E-state index contributed by atoms with van der Waals surface area (Å²) in [6, 6.07) is 4.39. The van der Waals surface area contributed by atoms with Gasteiger partial charge in [-0.25, -0.2) is 0 Å². The average Bonchev–Trinajstić information content (AvgIpc) is 2.96. The average molecular weight is 358 g/mol. The van der Waals surface area contributed by atoms with Gasteiger partial charge in [-0.1, -0.05) is 6.92 Å². The van der Waals surface area contributed by atoms with Gasteiger partial charge in [-0.05, 0) is 79.5 Å². The van der Waals surface area contributed by atoms with Gasteiger partial charge in [0, 0.05) is 12.3 Å². The molecule has 3 aliphatic carbocycles. The van der Waals surface area contributed by atoms with Crippen molar-refractivity contribution in [3.8, 4) is 11.5 Å². The highest BCUT2D eigenvalue weighted by molar-refractivity contribution is 5.66. The van der Waals surface area contributed by atoms with E-state index in [-0.39, 0.29) is 17.5 Å². The molecule has 0 aromatic heterocycles. The van der Waals surface area contributed by atoms with Gasteiger partial charge in [-0.15, -0.1) is 0 Å². The van der Waals surface area contributed by atoms with Crippen LogP contribution in [0.5, 0.6) is 11.5 Å². The first-order valence-electron chi connectivity index (χ1n) is 9.90. The molecule has 0 radical (unpaired) electrons. The first-order valence-corrected chi connectivity index (χ1v) is 9.90. The van der Waals surface area contributed by atoms with E-state index < -0.39 is 0 Å². The Morgan fingerprint density at radius 3 is 2.50 bits per heavy atom. The summed E-state index contributed by atoms with van der Waals surface area (Å²) < 4.78 is 16.8. The molecule has 0 aliphatic heterocycles. The standard InChI is InChI=1S/C22H30O4/c1-13(23)26-21-8-7-18-16-6-5-14-11-19(24-3)20(25-4)12-17(14)15(16)9-10-22(18,21)2/h11-12,15-16,18,21H,5-10H2,1-4H3/t15-,16+,18-,21?,22-/m0/s1. The zero-order valence-corrected chi connectivity index (χ0v) is 16.3. The number of carbonyl (C=O) groups excluding carboxylic acids is 1. The summed E-state index contributed by atoms with van der Waals surface area (Å²) in [5.74, 6) is 3.45. The lowest BCUT2D eigenvalue weighted by atomic mass is 9.55. The normalized spacial score (nSPS) is 35.1. The highest BCUT2D eigenvalue weighted by atomic mass is 16.5. The second kappa shape index (κ2) is 6.47. The Balaban J connectivity index is 1.65. The minimum Gasteiger partial charge on any atom is -0.493 e. The molecule has 5 atom stereocenters. The minimum atomic E-state index is -0.134. The minimum absolute atomic E-state index is 0.0951. The Morgan fingerprint density at radius 2 is 1.81 bits per heavy atom. The summed E-state index contributed by atoms with van der Waals surface area (Å²) in [6.45, 7) is 3.90. The second-order valence-electron chi connectivity index (χ2n) is 8.54. The number of carbonyl (C=O) groups is 1. The van der Waals surface area contributed by atoms with E-state index in [9.17, 15) is 4.79 Å². The van der Waals surface area contributed by atoms with Gasteiger partial charge in [0.2, 0.25) is 0 Å². The second-order valence-corrected chi connectivity index (χ2v) is 8.54. The lowest BCUT2D eigenvalue weighted by Gasteiger charge is -2.50. The van der Waals surface area contributed by atoms with E-state index in [4.69, 9.17) is 14.2 Å². The van der Waals surface area contributed by atoms with Gasteiger partial charge in [0.1, 0.15) is 6.10 Å². The van der Waals surface area contributed by atoms with Gasteiger partial charge in [0.25, 0.3) is 0 Å². The molecule has 2 fully saturated rings. The van der Waals surface area contributed by atoms with Crippen LogP contribution in [0.4, 0.5) is 0 Å². The third kappa shape index (κ3) is 2.60. The third-order valence-electron chi connectivity index (χ3n) is 7.45. The molecular weight excluding hydrogens is 328 g/mol. The van der Waals surface area contributed by atoms with Crippen molar-refractivity contribution in [2.45, 2.75) is 64.4 Å². The summed E-state index contributed by atoms with van der Waals surface area (Å²) >= 11 is 0. The summed E-state index contributed by atoms with van der Waals surface area (Å²) in [7, 11) is 3.42. The molecule has 0 saturated heterocycles. The molecule has 4 nitrogen and oxygen atoms in total. The van der Waals surface area contributed by atoms with Gasteiger partial charge in [0.15, 0.2) is 11.5 Å². The predicted octanol–water partition coefficient (Wildman–Crippen LogP) is 4.49. The van der Waals surface area contributed by atoms with Crippen molar-refractivity contribution in [2.75, 3.05) is 14.2 Å². The van der Waals surface area contributed by atoms with Crippen molar-refractivity contribution < 1.29 is 19.0 Å². The van der Waals surface area contributed by atoms with Crippen LogP contribution < -0.4 is 9.47 Å². The van der Waals surface area contributed by atoms with Crippen LogP contribution in [0.1, 0.15) is 63.0 Å². The zero-order chi connectivity index (χ0) is 18.5. The van der Waals surface area contributed by atoms with E-state index in [1.807, 2.05) is 0 Å². The number of ether oxygens (including phenoxy) is 3. The smallest absolute Gasteiger partial charge is 0.302 e. The van der Waals surface area contributed by atoms with Crippen LogP contribution >= 0.6 is 0 Å². The fourth-order valence-electron chi connectivity index (χ4n) is 6.24.